The highest BCUT2D eigenvalue weighted by atomic mass is 79.9. The smallest absolute Gasteiger partial charge is 0.140 e. The molecule has 2 atom stereocenters. The maximum Gasteiger partial charge on any atom is 0.140 e. The lowest BCUT2D eigenvalue weighted by molar-refractivity contribution is -0.122. The van der Waals surface area contributed by atoms with Gasteiger partial charge in [0.15, 0.2) is 0 Å². The molecule has 3 rings (SSSR count). The van der Waals surface area contributed by atoms with Gasteiger partial charge in [-0.2, -0.15) is 0 Å². The van der Waals surface area contributed by atoms with Crippen LogP contribution in [0.15, 0.2) is 16.6 Å². The molecule has 0 saturated heterocycles. The van der Waals surface area contributed by atoms with Crippen molar-refractivity contribution in [2.75, 3.05) is 6.61 Å². The van der Waals surface area contributed by atoms with E-state index < -0.39 is 0 Å². The van der Waals surface area contributed by atoms with Crippen LogP contribution >= 0.6 is 15.9 Å². The number of benzene rings is 1. The average Bonchev–Trinajstić information content (AvgIpc) is 2.97. The van der Waals surface area contributed by atoms with Crippen molar-refractivity contribution in [2.24, 2.45) is 11.7 Å². The molecule has 2 N–H and O–H groups in total. The highest BCUT2D eigenvalue weighted by Crippen LogP contribution is 2.35. The van der Waals surface area contributed by atoms with E-state index in [-0.39, 0.29) is 12.0 Å². The topological polar surface area (TPSA) is 52.3 Å². The molecule has 19 heavy (non-hydrogen) atoms. The van der Waals surface area contributed by atoms with Crippen LogP contribution in [0, 0.1) is 5.92 Å². The van der Waals surface area contributed by atoms with Crippen LogP contribution in [-0.4, -0.2) is 18.4 Å². The average molecular weight is 324 g/mol. The number of halogens is 1. The molecule has 1 aromatic rings. The van der Waals surface area contributed by atoms with Crippen molar-refractivity contribution in [1.82, 2.24) is 0 Å². The van der Waals surface area contributed by atoms with Crippen LogP contribution in [0.4, 0.5) is 0 Å². The molecule has 0 radical (unpaired) electrons. The summed E-state index contributed by atoms with van der Waals surface area (Å²) in [4.78, 5) is 12.3. The molecule has 1 saturated carbocycles. The van der Waals surface area contributed by atoms with E-state index in [4.69, 9.17) is 10.5 Å². The summed E-state index contributed by atoms with van der Waals surface area (Å²) in [5.41, 5.74) is 8.12. The summed E-state index contributed by atoms with van der Waals surface area (Å²) in [5, 5.41) is 0. The third-order valence-electron chi connectivity index (χ3n) is 4.12. The standard InChI is InChI=1S/C15H18BrNO2/c16-12-5-10-3-4-19-15(10)11(6-12)8-14(18)9-1-2-13(17)7-9/h5-6,9,13H,1-4,7-8,17H2. The Kier molecular flexibility index (Phi) is 3.63. The van der Waals surface area contributed by atoms with E-state index in [2.05, 4.69) is 22.0 Å². The van der Waals surface area contributed by atoms with Gasteiger partial charge in [-0.05, 0) is 37.0 Å². The van der Waals surface area contributed by atoms with Gasteiger partial charge in [0.25, 0.3) is 0 Å². The normalized spacial score (nSPS) is 25.2. The van der Waals surface area contributed by atoms with Gasteiger partial charge in [0.1, 0.15) is 11.5 Å². The molecule has 1 heterocycles. The summed E-state index contributed by atoms with van der Waals surface area (Å²) in [6.45, 7) is 0.723. The summed E-state index contributed by atoms with van der Waals surface area (Å²) in [6.07, 6.45) is 4.17. The second-order valence-electron chi connectivity index (χ2n) is 5.56. The number of carbonyl (C=O) groups is 1. The summed E-state index contributed by atoms with van der Waals surface area (Å²) >= 11 is 3.51. The number of carbonyl (C=O) groups excluding carboxylic acids is 1. The molecule has 0 spiro atoms. The minimum absolute atomic E-state index is 0.144. The van der Waals surface area contributed by atoms with Gasteiger partial charge in [0.2, 0.25) is 0 Å². The van der Waals surface area contributed by atoms with E-state index >= 15 is 0 Å². The fourth-order valence-corrected chi connectivity index (χ4v) is 3.67. The zero-order valence-corrected chi connectivity index (χ0v) is 12.4. The third-order valence-corrected chi connectivity index (χ3v) is 4.58. The minimum atomic E-state index is 0.144. The molecule has 1 aromatic carbocycles. The van der Waals surface area contributed by atoms with Crippen molar-refractivity contribution in [1.29, 1.82) is 0 Å². The SMILES string of the molecule is NC1CCC(C(=O)Cc2cc(Br)cc3c2OCC3)C1. The predicted molar refractivity (Wildman–Crippen MR) is 77.4 cm³/mol. The lowest BCUT2D eigenvalue weighted by Crippen LogP contribution is -2.19. The van der Waals surface area contributed by atoms with Crippen LogP contribution in [0.2, 0.25) is 0 Å². The molecule has 102 valence electrons. The molecule has 1 aliphatic carbocycles. The van der Waals surface area contributed by atoms with Crippen molar-refractivity contribution < 1.29 is 9.53 Å². The van der Waals surface area contributed by atoms with E-state index in [1.54, 1.807) is 0 Å². The first kappa shape index (κ1) is 13.1. The van der Waals surface area contributed by atoms with Crippen molar-refractivity contribution in [3.63, 3.8) is 0 Å². The third kappa shape index (κ3) is 2.70. The minimum Gasteiger partial charge on any atom is -0.493 e. The number of Topliss-reactive ketones (excluding diaryl/α,β-unsaturated/α-hetero) is 1. The lowest BCUT2D eigenvalue weighted by atomic mass is 9.95. The Labute approximate surface area is 121 Å². The van der Waals surface area contributed by atoms with E-state index in [0.29, 0.717) is 12.2 Å². The van der Waals surface area contributed by atoms with E-state index in [0.717, 1.165) is 48.1 Å². The Bertz CT molecular complexity index is 515. The van der Waals surface area contributed by atoms with Crippen molar-refractivity contribution in [2.45, 2.75) is 38.1 Å². The second kappa shape index (κ2) is 5.25. The fourth-order valence-electron chi connectivity index (χ4n) is 3.12. The molecule has 2 unspecified atom stereocenters. The Morgan fingerprint density at radius 1 is 1.42 bits per heavy atom. The van der Waals surface area contributed by atoms with Gasteiger partial charge in [-0.1, -0.05) is 15.9 Å². The van der Waals surface area contributed by atoms with Gasteiger partial charge in [0, 0.05) is 34.8 Å². The zero-order valence-electron chi connectivity index (χ0n) is 10.8. The molecule has 0 amide bonds. The Balaban J connectivity index is 1.78. The molecular weight excluding hydrogens is 306 g/mol. The summed E-state index contributed by atoms with van der Waals surface area (Å²) < 4.78 is 6.70. The Morgan fingerprint density at radius 2 is 2.26 bits per heavy atom. The van der Waals surface area contributed by atoms with E-state index in [9.17, 15) is 4.79 Å². The summed E-state index contributed by atoms with van der Waals surface area (Å²) in [5.74, 6) is 1.38. The van der Waals surface area contributed by atoms with Gasteiger partial charge in [0.05, 0.1) is 6.61 Å². The monoisotopic (exact) mass is 323 g/mol. The van der Waals surface area contributed by atoms with Crippen molar-refractivity contribution in [3.05, 3.63) is 27.7 Å². The number of ketones is 1. The van der Waals surface area contributed by atoms with Gasteiger partial charge in [-0.15, -0.1) is 0 Å². The van der Waals surface area contributed by atoms with Crippen molar-refractivity contribution >= 4 is 21.7 Å². The van der Waals surface area contributed by atoms with Crippen LogP contribution in [0.1, 0.15) is 30.4 Å². The Morgan fingerprint density at radius 3 is 3.00 bits per heavy atom. The number of ether oxygens (including phenoxy) is 1. The zero-order chi connectivity index (χ0) is 13.4. The highest BCUT2D eigenvalue weighted by molar-refractivity contribution is 9.10. The lowest BCUT2D eigenvalue weighted by Gasteiger charge is -2.12. The van der Waals surface area contributed by atoms with Crippen LogP contribution < -0.4 is 10.5 Å². The molecule has 0 aromatic heterocycles. The van der Waals surface area contributed by atoms with Crippen LogP contribution in [0.3, 0.4) is 0 Å². The predicted octanol–water partition coefficient (Wildman–Crippen LogP) is 2.62. The second-order valence-corrected chi connectivity index (χ2v) is 6.48. The fraction of sp³-hybridized carbons (Fsp3) is 0.533. The number of hydrogen-bond acceptors (Lipinski definition) is 3. The van der Waals surface area contributed by atoms with Crippen LogP contribution in [0.5, 0.6) is 5.75 Å². The summed E-state index contributed by atoms with van der Waals surface area (Å²) in [6, 6.07) is 4.30. The maximum atomic E-state index is 12.3. The number of rotatable bonds is 3. The first-order valence-electron chi connectivity index (χ1n) is 6.86. The molecule has 1 fully saturated rings. The van der Waals surface area contributed by atoms with E-state index in [1.165, 1.54) is 5.56 Å². The molecule has 4 heteroatoms. The van der Waals surface area contributed by atoms with Gasteiger partial charge in [-0.3, -0.25) is 4.79 Å². The van der Waals surface area contributed by atoms with E-state index in [1.807, 2.05) is 6.07 Å². The highest BCUT2D eigenvalue weighted by Gasteiger charge is 2.29. The first-order chi connectivity index (χ1) is 9.13. The largest absolute Gasteiger partial charge is 0.493 e. The van der Waals surface area contributed by atoms with Crippen LogP contribution in [-0.2, 0) is 17.6 Å². The quantitative estimate of drug-likeness (QED) is 0.930. The molecule has 2 aliphatic rings. The molecule has 0 bridgehead atoms. The molecule has 1 aliphatic heterocycles. The van der Waals surface area contributed by atoms with Crippen molar-refractivity contribution in [3.8, 4) is 5.75 Å². The van der Waals surface area contributed by atoms with Crippen LogP contribution in [0.25, 0.3) is 0 Å². The first-order valence-corrected chi connectivity index (χ1v) is 7.65. The molecular formula is C15H18BrNO2. The Hall–Kier alpha value is -0.870. The van der Waals surface area contributed by atoms with Gasteiger partial charge >= 0.3 is 0 Å². The van der Waals surface area contributed by atoms with Gasteiger partial charge < -0.3 is 10.5 Å². The maximum absolute atomic E-state index is 12.3. The number of nitrogens with two attached hydrogens (primary N) is 1. The van der Waals surface area contributed by atoms with Gasteiger partial charge in [-0.25, -0.2) is 0 Å². The summed E-state index contributed by atoms with van der Waals surface area (Å²) in [7, 11) is 0. The number of fused-ring (bicyclic) bond motifs is 1. The molecule has 3 nitrogen and oxygen atoms in total. The number of hydrogen-bond donors (Lipinski definition) is 1.